The second kappa shape index (κ2) is 6.31. The van der Waals surface area contributed by atoms with Crippen LogP contribution >= 0.6 is 0 Å². The highest BCUT2D eigenvalue weighted by atomic mass is 28.2. The van der Waals surface area contributed by atoms with Crippen molar-refractivity contribution in [1.29, 1.82) is 0 Å². The molecular formula is C22H33NSi. The van der Waals surface area contributed by atoms with E-state index in [0.29, 0.717) is 11.1 Å². The summed E-state index contributed by atoms with van der Waals surface area (Å²) in [4.78, 5) is 0. The van der Waals surface area contributed by atoms with Gasteiger partial charge in [-0.15, -0.1) is 0 Å². The van der Waals surface area contributed by atoms with E-state index in [0.717, 1.165) is 5.92 Å². The van der Waals surface area contributed by atoms with Gasteiger partial charge >= 0.3 is 0 Å². The number of nitrogens with one attached hydrogen (secondary N) is 1. The smallest absolute Gasteiger partial charge is 0.0615 e. The molecule has 0 heterocycles. The summed E-state index contributed by atoms with van der Waals surface area (Å²) in [5.74, 6) is 0.781. The maximum Gasteiger partial charge on any atom is 0.0615 e. The van der Waals surface area contributed by atoms with Crippen LogP contribution in [-0.2, 0) is 0 Å². The van der Waals surface area contributed by atoms with E-state index in [-0.39, 0.29) is 20.5 Å². The van der Waals surface area contributed by atoms with Crippen molar-refractivity contribution in [2.45, 2.75) is 64.1 Å². The molecule has 0 spiro atoms. The maximum atomic E-state index is 3.99. The molecule has 1 nitrogen and oxygen atoms in total. The predicted octanol–water partition coefficient (Wildman–Crippen LogP) is 3.96. The lowest BCUT2D eigenvalue weighted by Crippen LogP contribution is -2.65. The second-order valence-electron chi connectivity index (χ2n) is 8.92. The van der Waals surface area contributed by atoms with E-state index in [1.165, 1.54) is 12.8 Å². The molecular weight excluding hydrogens is 306 g/mol. The first kappa shape index (κ1) is 17.7. The van der Waals surface area contributed by atoms with Gasteiger partial charge in [0.05, 0.1) is 9.52 Å². The van der Waals surface area contributed by atoms with Crippen molar-refractivity contribution in [2.24, 2.45) is 11.3 Å². The van der Waals surface area contributed by atoms with Crippen LogP contribution in [0.5, 0.6) is 0 Å². The Bertz CT molecular complexity index is 621. The Morgan fingerprint density at radius 2 is 1.62 bits per heavy atom. The quantitative estimate of drug-likeness (QED) is 0.819. The molecule has 2 heteroatoms. The number of hydrogen-bond donors (Lipinski definition) is 1. The molecule has 0 radical (unpaired) electrons. The molecule has 1 aromatic rings. The Balaban J connectivity index is 1.91. The van der Waals surface area contributed by atoms with Crippen molar-refractivity contribution in [3.05, 3.63) is 54.6 Å². The number of hydrogen-bond acceptors (Lipinski definition) is 1. The molecule has 0 bridgehead atoms. The van der Waals surface area contributed by atoms with Gasteiger partial charge < -0.3 is 5.32 Å². The van der Waals surface area contributed by atoms with Crippen LogP contribution in [0.4, 0.5) is 0 Å². The lowest BCUT2D eigenvalue weighted by molar-refractivity contribution is 0.00276. The monoisotopic (exact) mass is 339 g/mol. The van der Waals surface area contributed by atoms with E-state index in [4.69, 9.17) is 0 Å². The minimum absolute atomic E-state index is 0.166. The summed E-state index contributed by atoms with van der Waals surface area (Å²) in [5, 5.41) is 6.00. The predicted molar refractivity (Wildman–Crippen MR) is 109 cm³/mol. The Kier molecular flexibility index (Phi) is 4.65. The van der Waals surface area contributed by atoms with Crippen LogP contribution < -0.4 is 10.5 Å². The summed E-state index contributed by atoms with van der Waals surface area (Å²) in [7, 11) is -0.381. The van der Waals surface area contributed by atoms with Gasteiger partial charge in [-0.3, -0.25) is 0 Å². The molecule has 24 heavy (non-hydrogen) atoms. The van der Waals surface area contributed by atoms with Crippen LogP contribution in [0.3, 0.4) is 0 Å². The zero-order chi connectivity index (χ0) is 17.4. The zero-order valence-corrected chi connectivity index (χ0v) is 17.4. The Morgan fingerprint density at radius 3 is 2.25 bits per heavy atom. The third-order valence-corrected chi connectivity index (χ3v) is 10.8. The van der Waals surface area contributed by atoms with Crippen LogP contribution in [0.1, 0.15) is 47.5 Å². The average Bonchev–Trinajstić information content (AvgIpc) is 3.04. The molecule has 1 aromatic carbocycles. The fourth-order valence-electron chi connectivity index (χ4n) is 4.95. The van der Waals surface area contributed by atoms with Gasteiger partial charge in [0.1, 0.15) is 0 Å². The zero-order valence-electron chi connectivity index (χ0n) is 16.0. The Hall–Kier alpha value is -1.12. The lowest BCUT2D eigenvalue weighted by atomic mass is 9.54. The largest absolute Gasteiger partial charge is 0.301 e. The molecule has 3 rings (SSSR count). The summed E-state index contributed by atoms with van der Waals surface area (Å²) in [5.41, 5.74) is 0.420. The van der Waals surface area contributed by atoms with Gasteiger partial charge in [0, 0.05) is 11.6 Å². The molecule has 0 aromatic heterocycles. The van der Waals surface area contributed by atoms with Crippen molar-refractivity contribution in [3.63, 3.8) is 0 Å². The van der Waals surface area contributed by atoms with Crippen molar-refractivity contribution in [3.8, 4) is 0 Å². The van der Waals surface area contributed by atoms with Gasteiger partial charge in [-0.1, -0.05) is 87.5 Å². The molecule has 1 fully saturated rings. The highest BCUT2D eigenvalue weighted by Gasteiger charge is 2.57. The minimum Gasteiger partial charge on any atom is -0.301 e. The van der Waals surface area contributed by atoms with Gasteiger partial charge in [-0.2, -0.15) is 0 Å². The normalized spacial score (nSPS) is 36.0. The van der Waals surface area contributed by atoms with Crippen LogP contribution in [0.2, 0.25) is 5.04 Å². The molecule has 1 N–H and O–H groups in total. The number of benzene rings is 1. The molecule has 130 valence electrons. The standard InChI is InChI=1S/C22H33NSi/c1-17-15-16-21(4,23-18-11-9-10-12-18)20(2,3)22(17,5)24-19-13-7-6-8-14-19/h6-14,17-18,23H,15-16,24H2,1-5H3. The summed E-state index contributed by atoms with van der Waals surface area (Å²) in [6.45, 7) is 12.6. The van der Waals surface area contributed by atoms with E-state index in [1.54, 1.807) is 5.19 Å². The van der Waals surface area contributed by atoms with Gasteiger partial charge in [-0.05, 0) is 36.1 Å². The van der Waals surface area contributed by atoms with Crippen LogP contribution in [-0.4, -0.2) is 21.1 Å². The van der Waals surface area contributed by atoms with E-state index in [9.17, 15) is 0 Å². The van der Waals surface area contributed by atoms with Crippen molar-refractivity contribution in [1.82, 2.24) is 5.32 Å². The molecule has 1 saturated carbocycles. The van der Waals surface area contributed by atoms with Crippen LogP contribution in [0.15, 0.2) is 54.6 Å². The molecule has 2 aliphatic rings. The average molecular weight is 340 g/mol. The summed E-state index contributed by atoms with van der Waals surface area (Å²) < 4.78 is 0. The first-order valence-corrected chi connectivity index (χ1v) is 10.9. The van der Waals surface area contributed by atoms with Gasteiger partial charge in [-0.25, -0.2) is 0 Å². The fraction of sp³-hybridized carbons (Fsp3) is 0.545. The highest BCUT2D eigenvalue weighted by molar-refractivity contribution is 6.57. The van der Waals surface area contributed by atoms with E-state index in [1.807, 2.05) is 0 Å². The molecule has 0 amide bonds. The van der Waals surface area contributed by atoms with Gasteiger partial charge in [0.2, 0.25) is 0 Å². The first-order chi connectivity index (χ1) is 11.3. The Morgan fingerprint density at radius 1 is 1.00 bits per heavy atom. The summed E-state index contributed by atoms with van der Waals surface area (Å²) >= 11 is 0. The molecule has 3 unspecified atom stereocenters. The molecule has 0 saturated heterocycles. The van der Waals surface area contributed by atoms with Crippen LogP contribution in [0.25, 0.3) is 0 Å². The van der Waals surface area contributed by atoms with Gasteiger partial charge in [0.15, 0.2) is 0 Å². The number of allylic oxidation sites excluding steroid dienone is 2. The third kappa shape index (κ3) is 2.84. The first-order valence-electron chi connectivity index (χ1n) is 9.45. The third-order valence-electron chi connectivity index (χ3n) is 7.62. The molecule has 2 aliphatic carbocycles. The highest BCUT2D eigenvalue weighted by Crippen LogP contribution is 2.62. The van der Waals surface area contributed by atoms with Crippen LogP contribution in [0, 0.1) is 11.3 Å². The second-order valence-corrected chi connectivity index (χ2v) is 11.6. The summed E-state index contributed by atoms with van der Waals surface area (Å²) in [6, 6.07) is 11.6. The van der Waals surface area contributed by atoms with Crippen molar-refractivity contribution >= 4 is 14.7 Å². The topological polar surface area (TPSA) is 12.0 Å². The SMILES string of the molecule is CC1CCC(C)(NC2C=CC=C2)C(C)(C)C1(C)[SiH2]c1ccccc1. The Labute approximate surface area is 150 Å². The minimum atomic E-state index is -0.381. The summed E-state index contributed by atoms with van der Waals surface area (Å²) in [6.07, 6.45) is 11.5. The lowest BCUT2D eigenvalue weighted by Gasteiger charge is -2.62. The maximum absolute atomic E-state index is 3.99. The molecule has 3 atom stereocenters. The fourth-order valence-corrected chi connectivity index (χ4v) is 7.69. The van der Waals surface area contributed by atoms with E-state index < -0.39 is 0 Å². The van der Waals surface area contributed by atoms with Crippen molar-refractivity contribution < 1.29 is 0 Å². The van der Waals surface area contributed by atoms with Crippen molar-refractivity contribution in [2.75, 3.05) is 0 Å². The van der Waals surface area contributed by atoms with Gasteiger partial charge in [0.25, 0.3) is 0 Å². The van der Waals surface area contributed by atoms with E-state index in [2.05, 4.69) is 94.6 Å². The molecule has 0 aliphatic heterocycles. The van der Waals surface area contributed by atoms with E-state index >= 15 is 0 Å². The number of rotatable bonds is 4.